The third kappa shape index (κ3) is 1.88. The molecule has 0 fully saturated rings. The van der Waals surface area contributed by atoms with Crippen LogP contribution in [0.25, 0.3) is 16.9 Å². The number of nitriles is 1. The molecule has 0 radical (unpaired) electrons. The highest BCUT2D eigenvalue weighted by Crippen LogP contribution is 2.25. The van der Waals surface area contributed by atoms with Gasteiger partial charge in [-0.05, 0) is 49.4 Å². The molecule has 1 aliphatic rings. The number of aromatic nitrogens is 4. The Bertz CT molecular complexity index is 872. The number of benzene rings is 1. The molecule has 0 aliphatic heterocycles. The number of hydrogen-bond donors (Lipinski definition) is 0. The number of aryl methyl sites for hydroxylation is 2. The Morgan fingerprint density at radius 3 is 2.90 bits per heavy atom. The van der Waals surface area contributed by atoms with E-state index in [1.165, 1.54) is 12.0 Å². The van der Waals surface area contributed by atoms with Gasteiger partial charge in [-0.3, -0.25) is 0 Å². The maximum atomic E-state index is 9.44. The van der Waals surface area contributed by atoms with E-state index in [-0.39, 0.29) is 0 Å². The van der Waals surface area contributed by atoms with Crippen molar-refractivity contribution in [3.8, 4) is 11.9 Å². The van der Waals surface area contributed by atoms with Crippen LogP contribution in [0.4, 0.5) is 0 Å². The minimum Gasteiger partial charge on any atom is -0.232 e. The Labute approximate surface area is 121 Å². The molecule has 0 saturated heterocycles. The molecule has 0 N–H and O–H groups in total. The molecule has 0 amide bonds. The highest BCUT2D eigenvalue weighted by molar-refractivity contribution is 5.76. The quantitative estimate of drug-likeness (QED) is 0.684. The Kier molecular flexibility index (Phi) is 2.68. The number of pyridine rings is 1. The minimum absolute atomic E-state index is 0.561. The van der Waals surface area contributed by atoms with Crippen molar-refractivity contribution in [1.82, 2.24) is 20.0 Å². The van der Waals surface area contributed by atoms with Gasteiger partial charge in [0, 0.05) is 5.69 Å². The predicted octanol–water partition coefficient (Wildman–Crippen LogP) is 2.57. The second kappa shape index (κ2) is 4.67. The lowest BCUT2D eigenvalue weighted by molar-refractivity contribution is 0.660. The fourth-order valence-corrected chi connectivity index (χ4v) is 2.89. The van der Waals surface area contributed by atoms with E-state index in [1.54, 1.807) is 4.68 Å². The first kappa shape index (κ1) is 12.0. The average molecular weight is 275 g/mol. The predicted molar refractivity (Wildman–Crippen MR) is 78.0 cm³/mol. The lowest BCUT2D eigenvalue weighted by atomic mass is 9.95. The molecule has 1 aliphatic carbocycles. The lowest BCUT2D eigenvalue weighted by Gasteiger charge is -2.16. The van der Waals surface area contributed by atoms with E-state index in [0.29, 0.717) is 11.4 Å². The summed E-state index contributed by atoms with van der Waals surface area (Å²) in [5, 5.41) is 17.8. The fourth-order valence-electron chi connectivity index (χ4n) is 2.89. The van der Waals surface area contributed by atoms with Crippen LogP contribution in [0.3, 0.4) is 0 Å². The normalized spacial score (nSPS) is 13.9. The van der Waals surface area contributed by atoms with Gasteiger partial charge in [-0.15, -0.1) is 5.10 Å². The molecule has 0 unspecified atom stereocenters. The molecule has 0 saturated carbocycles. The van der Waals surface area contributed by atoms with Gasteiger partial charge in [0.1, 0.15) is 11.6 Å². The average Bonchev–Trinajstić information content (AvgIpc) is 2.97. The molecule has 3 aromatic rings. The van der Waals surface area contributed by atoms with Crippen LogP contribution in [0.1, 0.15) is 29.7 Å². The zero-order valence-corrected chi connectivity index (χ0v) is 11.5. The van der Waals surface area contributed by atoms with Gasteiger partial charge in [-0.1, -0.05) is 17.3 Å². The van der Waals surface area contributed by atoms with Gasteiger partial charge < -0.3 is 0 Å². The summed E-state index contributed by atoms with van der Waals surface area (Å²) in [5.74, 6) is 0.590. The SMILES string of the molecule is N#Cc1cc2c(nc1-n1nnc3ccccc31)CCCC2. The molecule has 102 valence electrons. The van der Waals surface area contributed by atoms with Crippen molar-refractivity contribution < 1.29 is 0 Å². The molecular weight excluding hydrogens is 262 g/mol. The largest absolute Gasteiger partial charge is 0.232 e. The highest BCUT2D eigenvalue weighted by atomic mass is 15.4. The first-order chi connectivity index (χ1) is 10.4. The second-order valence-corrected chi connectivity index (χ2v) is 5.27. The van der Waals surface area contributed by atoms with Gasteiger partial charge >= 0.3 is 0 Å². The van der Waals surface area contributed by atoms with E-state index in [4.69, 9.17) is 4.98 Å². The van der Waals surface area contributed by atoms with Crippen molar-refractivity contribution in [2.75, 3.05) is 0 Å². The number of para-hydroxylation sites is 1. The van der Waals surface area contributed by atoms with E-state index >= 15 is 0 Å². The molecule has 21 heavy (non-hydrogen) atoms. The van der Waals surface area contributed by atoms with E-state index in [0.717, 1.165) is 36.0 Å². The molecule has 2 heterocycles. The lowest BCUT2D eigenvalue weighted by Crippen LogP contribution is -2.11. The topological polar surface area (TPSA) is 67.4 Å². The van der Waals surface area contributed by atoms with Crippen LogP contribution in [-0.4, -0.2) is 20.0 Å². The molecule has 0 spiro atoms. The number of hydrogen-bond acceptors (Lipinski definition) is 4. The Balaban J connectivity index is 1.97. The van der Waals surface area contributed by atoms with Crippen molar-refractivity contribution in [1.29, 1.82) is 5.26 Å². The minimum atomic E-state index is 0.561. The fraction of sp³-hybridized carbons (Fsp3) is 0.250. The molecule has 5 nitrogen and oxygen atoms in total. The van der Waals surface area contributed by atoms with Crippen LogP contribution < -0.4 is 0 Å². The first-order valence-electron chi connectivity index (χ1n) is 7.10. The van der Waals surface area contributed by atoms with Crippen molar-refractivity contribution in [3.05, 3.63) is 47.2 Å². The van der Waals surface area contributed by atoms with Crippen LogP contribution in [0, 0.1) is 11.3 Å². The summed E-state index contributed by atoms with van der Waals surface area (Å²) in [4.78, 5) is 4.71. The molecule has 0 atom stereocenters. The molecule has 4 rings (SSSR count). The van der Waals surface area contributed by atoms with Crippen molar-refractivity contribution in [2.24, 2.45) is 0 Å². The van der Waals surface area contributed by atoms with Gasteiger partial charge in [0.05, 0.1) is 11.1 Å². The van der Waals surface area contributed by atoms with Gasteiger partial charge in [0.15, 0.2) is 5.82 Å². The Morgan fingerprint density at radius 2 is 2.00 bits per heavy atom. The van der Waals surface area contributed by atoms with Crippen molar-refractivity contribution in [3.63, 3.8) is 0 Å². The number of rotatable bonds is 1. The maximum Gasteiger partial charge on any atom is 0.174 e. The van der Waals surface area contributed by atoms with Crippen LogP contribution in [-0.2, 0) is 12.8 Å². The van der Waals surface area contributed by atoms with Gasteiger partial charge in [0.25, 0.3) is 0 Å². The van der Waals surface area contributed by atoms with E-state index in [1.807, 2.05) is 30.3 Å². The summed E-state index contributed by atoms with van der Waals surface area (Å²) < 4.78 is 1.67. The van der Waals surface area contributed by atoms with E-state index in [2.05, 4.69) is 16.4 Å². The van der Waals surface area contributed by atoms with E-state index in [9.17, 15) is 5.26 Å². The highest BCUT2D eigenvalue weighted by Gasteiger charge is 2.18. The summed E-state index contributed by atoms with van der Waals surface area (Å²) in [7, 11) is 0. The summed E-state index contributed by atoms with van der Waals surface area (Å²) in [6.45, 7) is 0. The van der Waals surface area contributed by atoms with Crippen molar-refractivity contribution >= 4 is 11.0 Å². The third-order valence-corrected chi connectivity index (χ3v) is 3.95. The molecule has 2 aromatic heterocycles. The summed E-state index contributed by atoms with van der Waals surface area (Å²) in [6, 6.07) is 11.9. The van der Waals surface area contributed by atoms with Gasteiger partial charge in [0.2, 0.25) is 0 Å². The zero-order chi connectivity index (χ0) is 14.2. The molecular formula is C16H13N5. The zero-order valence-electron chi connectivity index (χ0n) is 11.5. The van der Waals surface area contributed by atoms with Gasteiger partial charge in [-0.2, -0.15) is 9.94 Å². The monoisotopic (exact) mass is 275 g/mol. The van der Waals surface area contributed by atoms with Crippen molar-refractivity contribution in [2.45, 2.75) is 25.7 Å². The molecule has 0 bridgehead atoms. The number of nitrogens with zero attached hydrogens (tertiary/aromatic N) is 5. The summed E-state index contributed by atoms with van der Waals surface area (Å²) in [5.41, 5.74) is 4.53. The number of fused-ring (bicyclic) bond motifs is 2. The maximum absolute atomic E-state index is 9.44. The standard InChI is InChI=1S/C16H13N5/c17-10-12-9-11-5-1-2-6-13(11)18-16(12)21-15-8-4-3-7-14(15)19-20-21/h3-4,7-9H,1-2,5-6H2. The Hall–Kier alpha value is -2.74. The second-order valence-electron chi connectivity index (χ2n) is 5.27. The van der Waals surface area contributed by atoms with Gasteiger partial charge in [-0.25, -0.2) is 4.98 Å². The molecule has 1 aromatic carbocycles. The molecule has 5 heteroatoms. The smallest absolute Gasteiger partial charge is 0.174 e. The Morgan fingerprint density at radius 1 is 1.14 bits per heavy atom. The van der Waals surface area contributed by atoms with E-state index < -0.39 is 0 Å². The summed E-state index contributed by atoms with van der Waals surface area (Å²) in [6.07, 6.45) is 4.31. The first-order valence-corrected chi connectivity index (χ1v) is 7.10. The van der Waals surface area contributed by atoms with Crippen LogP contribution in [0.2, 0.25) is 0 Å². The summed E-state index contributed by atoms with van der Waals surface area (Å²) >= 11 is 0. The van der Waals surface area contributed by atoms with Crippen LogP contribution >= 0.6 is 0 Å². The van der Waals surface area contributed by atoms with Crippen LogP contribution in [0.15, 0.2) is 30.3 Å². The third-order valence-electron chi connectivity index (χ3n) is 3.95. The van der Waals surface area contributed by atoms with Crippen LogP contribution in [0.5, 0.6) is 0 Å².